The summed E-state index contributed by atoms with van der Waals surface area (Å²) in [6.45, 7) is 1.67. The van der Waals surface area contributed by atoms with Crippen molar-refractivity contribution in [2.75, 3.05) is 18.4 Å². The number of hydrogen-bond donors (Lipinski definition) is 2. The van der Waals surface area contributed by atoms with E-state index in [1.165, 1.54) is 36.4 Å². The maximum absolute atomic E-state index is 12.2. The lowest BCUT2D eigenvalue weighted by Crippen LogP contribution is -2.39. The molecule has 10 heteroatoms. The molecule has 0 fully saturated rings. The SMILES string of the molecule is Cc1ccc(S(=O)(=O)Oc2ccc(NCCNC(=O)C(F)(F)F)cc2)cc1. The van der Waals surface area contributed by atoms with Crippen molar-refractivity contribution in [2.24, 2.45) is 0 Å². The van der Waals surface area contributed by atoms with E-state index in [0.29, 0.717) is 5.69 Å². The van der Waals surface area contributed by atoms with E-state index in [0.717, 1.165) is 5.56 Å². The summed E-state index contributed by atoms with van der Waals surface area (Å²) in [5.41, 5.74) is 1.44. The normalized spacial score (nSPS) is 11.7. The van der Waals surface area contributed by atoms with Crippen molar-refractivity contribution >= 4 is 21.7 Å². The molecule has 0 saturated heterocycles. The number of hydrogen-bond acceptors (Lipinski definition) is 5. The van der Waals surface area contributed by atoms with Gasteiger partial charge in [0, 0.05) is 18.8 Å². The zero-order valence-corrected chi connectivity index (χ0v) is 15.0. The summed E-state index contributed by atoms with van der Waals surface area (Å²) in [4.78, 5) is 10.7. The number of carbonyl (C=O) groups excluding carboxylic acids is 1. The van der Waals surface area contributed by atoms with Crippen molar-refractivity contribution in [2.45, 2.75) is 18.0 Å². The lowest BCUT2D eigenvalue weighted by Gasteiger charge is -2.11. The molecule has 0 unspecified atom stereocenters. The van der Waals surface area contributed by atoms with Crippen LogP contribution in [0.15, 0.2) is 53.4 Å². The molecular formula is C17H17F3N2O4S. The average molecular weight is 402 g/mol. The van der Waals surface area contributed by atoms with Gasteiger partial charge in [-0.1, -0.05) is 17.7 Å². The molecule has 0 radical (unpaired) electrons. The van der Waals surface area contributed by atoms with Crippen molar-refractivity contribution in [1.29, 1.82) is 0 Å². The van der Waals surface area contributed by atoms with Crippen molar-refractivity contribution in [3.63, 3.8) is 0 Å². The van der Waals surface area contributed by atoms with E-state index in [1.807, 2.05) is 6.92 Å². The third-order valence-electron chi connectivity index (χ3n) is 3.37. The van der Waals surface area contributed by atoms with Gasteiger partial charge in [0.2, 0.25) is 0 Å². The van der Waals surface area contributed by atoms with Crippen molar-refractivity contribution in [3.05, 3.63) is 54.1 Å². The third kappa shape index (κ3) is 6.17. The van der Waals surface area contributed by atoms with Gasteiger partial charge in [0.25, 0.3) is 0 Å². The number of amides is 1. The number of halogens is 3. The highest BCUT2D eigenvalue weighted by molar-refractivity contribution is 7.87. The number of nitrogens with one attached hydrogen (secondary N) is 2. The van der Waals surface area contributed by atoms with E-state index < -0.39 is 22.2 Å². The first-order valence-corrected chi connectivity index (χ1v) is 9.19. The van der Waals surface area contributed by atoms with Crippen LogP contribution in [0, 0.1) is 6.92 Å². The zero-order chi connectivity index (χ0) is 20.1. The Morgan fingerprint density at radius 2 is 1.59 bits per heavy atom. The molecule has 0 atom stereocenters. The minimum atomic E-state index is -4.91. The maximum atomic E-state index is 12.2. The molecule has 0 heterocycles. The Kier molecular flexibility index (Phi) is 6.32. The van der Waals surface area contributed by atoms with E-state index in [-0.39, 0.29) is 23.7 Å². The first kappa shape index (κ1) is 20.6. The predicted molar refractivity (Wildman–Crippen MR) is 93.0 cm³/mol. The van der Waals surface area contributed by atoms with Crippen molar-refractivity contribution in [3.8, 4) is 5.75 Å². The van der Waals surface area contributed by atoms with E-state index in [2.05, 4.69) is 5.32 Å². The molecule has 0 bridgehead atoms. The minimum absolute atomic E-state index is 0.0238. The Bertz CT molecular complexity index is 880. The molecule has 2 rings (SSSR count). The minimum Gasteiger partial charge on any atom is -0.383 e. The van der Waals surface area contributed by atoms with Gasteiger partial charge in [-0.25, -0.2) is 0 Å². The van der Waals surface area contributed by atoms with Crippen LogP contribution in [0.25, 0.3) is 0 Å². The van der Waals surface area contributed by atoms with Gasteiger partial charge in [-0.3, -0.25) is 4.79 Å². The summed E-state index contributed by atoms with van der Waals surface area (Å²) in [5, 5.41) is 4.52. The lowest BCUT2D eigenvalue weighted by atomic mass is 10.2. The molecule has 146 valence electrons. The molecule has 0 aromatic heterocycles. The van der Waals surface area contributed by atoms with Gasteiger partial charge in [0.15, 0.2) is 0 Å². The Morgan fingerprint density at radius 1 is 1.00 bits per heavy atom. The van der Waals surface area contributed by atoms with Crippen LogP contribution in [0.2, 0.25) is 0 Å². The molecule has 27 heavy (non-hydrogen) atoms. The van der Waals surface area contributed by atoms with E-state index in [4.69, 9.17) is 4.18 Å². The largest absolute Gasteiger partial charge is 0.471 e. The smallest absolute Gasteiger partial charge is 0.383 e. The van der Waals surface area contributed by atoms with Crippen molar-refractivity contribution in [1.82, 2.24) is 5.32 Å². The predicted octanol–water partition coefficient (Wildman–Crippen LogP) is 2.85. The molecule has 1 amide bonds. The van der Waals surface area contributed by atoms with E-state index >= 15 is 0 Å². The highest BCUT2D eigenvalue weighted by Crippen LogP contribution is 2.21. The highest BCUT2D eigenvalue weighted by Gasteiger charge is 2.38. The summed E-state index contributed by atoms with van der Waals surface area (Å²) in [7, 11) is -3.96. The monoisotopic (exact) mass is 402 g/mol. The molecule has 2 aromatic carbocycles. The molecule has 0 aliphatic carbocycles. The molecule has 0 aliphatic rings. The molecule has 2 aromatic rings. The molecule has 2 N–H and O–H groups in total. The number of anilines is 1. The number of benzene rings is 2. The van der Waals surface area contributed by atoms with Crippen LogP contribution in [0.4, 0.5) is 18.9 Å². The van der Waals surface area contributed by atoms with Crippen LogP contribution in [-0.4, -0.2) is 33.6 Å². The summed E-state index contributed by atoms with van der Waals surface area (Å²) >= 11 is 0. The fraction of sp³-hybridized carbons (Fsp3) is 0.235. The average Bonchev–Trinajstić information content (AvgIpc) is 2.59. The van der Waals surface area contributed by atoms with Crippen LogP contribution in [-0.2, 0) is 14.9 Å². The third-order valence-corrected chi connectivity index (χ3v) is 4.63. The number of carbonyl (C=O) groups is 1. The van der Waals surface area contributed by atoms with Gasteiger partial charge in [-0.05, 0) is 43.3 Å². The Balaban J connectivity index is 1.88. The van der Waals surface area contributed by atoms with Crippen LogP contribution < -0.4 is 14.8 Å². The number of rotatable bonds is 7. The molecule has 0 aliphatic heterocycles. The van der Waals surface area contributed by atoms with Crippen LogP contribution in [0.3, 0.4) is 0 Å². The molecule has 0 spiro atoms. The quantitative estimate of drug-likeness (QED) is 0.550. The second-order valence-corrected chi connectivity index (χ2v) is 7.10. The number of alkyl halides is 3. The van der Waals surface area contributed by atoms with Crippen LogP contribution in [0.1, 0.15) is 5.56 Å². The van der Waals surface area contributed by atoms with Gasteiger partial charge in [-0.15, -0.1) is 0 Å². The Hall–Kier alpha value is -2.75. The van der Waals surface area contributed by atoms with Crippen LogP contribution >= 0.6 is 0 Å². The summed E-state index contributed by atoms with van der Waals surface area (Å²) in [6.07, 6.45) is -4.91. The Morgan fingerprint density at radius 3 is 2.15 bits per heavy atom. The summed E-state index contributed by atoms with van der Waals surface area (Å²) < 4.78 is 65.5. The fourth-order valence-corrected chi connectivity index (χ4v) is 2.92. The van der Waals surface area contributed by atoms with Gasteiger partial charge in [0.05, 0.1) is 0 Å². The topological polar surface area (TPSA) is 84.5 Å². The molecular weight excluding hydrogens is 385 g/mol. The summed E-state index contributed by atoms with van der Waals surface area (Å²) in [5.74, 6) is -1.92. The van der Waals surface area contributed by atoms with Crippen LogP contribution in [0.5, 0.6) is 5.75 Å². The van der Waals surface area contributed by atoms with Gasteiger partial charge < -0.3 is 14.8 Å². The van der Waals surface area contributed by atoms with E-state index in [9.17, 15) is 26.4 Å². The lowest BCUT2D eigenvalue weighted by molar-refractivity contribution is -0.173. The highest BCUT2D eigenvalue weighted by atomic mass is 32.2. The van der Waals surface area contributed by atoms with Crippen molar-refractivity contribution < 1.29 is 30.6 Å². The first-order chi connectivity index (χ1) is 12.6. The van der Waals surface area contributed by atoms with Gasteiger partial charge in [-0.2, -0.15) is 21.6 Å². The maximum Gasteiger partial charge on any atom is 0.471 e. The number of aryl methyl sites for hydroxylation is 1. The Labute approximate surface area is 154 Å². The van der Waals surface area contributed by atoms with E-state index in [1.54, 1.807) is 17.4 Å². The summed E-state index contributed by atoms with van der Waals surface area (Å²) in [6, 6.07) is 12.0. The molecule has 6 nitrogen and oxygen atoms in total. The second kappa shape index (κ2) is 8.30. The van der Waals surface area contributed by atoms with Gasteiger partial charge >= 0.3 is 22.2 Å². The molecule has 0 saturated carbocycles. The second-order valence-electron chi connectivity index (χ2n) is 5.56. The zero-order valence-electron chi connectivity index (χ0n) is 14.2. The fourth-order valence-electron chi connectivity index (χ4n) is 1.99. The van der Waals surface area contributed by atoms with Gasteiger partial charge in [0.1, 0.15) is 10.6 Å². The standard InChI is InChI=1S/C17H17F3N2O4S/c1-12-2-8-15(9-3-12)27(24,25)26-14-6-4-13(5-7-14)21-10-11-22-16(23)17(18,19)20/h2-9,21H,10-11H2,1H3,(H,22,23). The first-order valence-electron chi connectivity index (χ1n) is 7.78.